The fourth-order valence-electron chi connectivity index (χ4n) is 3.25. The van der Waals surface area contributed by atoms with Gasteiger partial charge in [-0.05, 0) is 74.3 Å². The summed E-state index contributed by atoms with van der Waals surface area (Å²) in [7, 11) is 1.64. The molecule has 1 atom stereocenters. The molecule has 174 valence electrons. The Balaban J connectivity index is 1.72. The Morgan fingerprint density at radius 3 is 2.30 bits per heavy atom. The van der Waals surface area contributed by atoms with E-state index in [0.717, 1.165) is 15.8 Å². The van der Waals surface area contributed by atoms with Crippen molar-refractivity contribution in [1.29, 1.82) is 0 Å². The first-order chi connectivity index (χ1) is 15.7. The van der Waals surface area contributed by atoms with Crippen molar-refractivity contribution < 1.29 is 17.9 Å². The van der Waals surface area contributed by atoms with Crippen LogP contribution in [0.25, 0.3) is 0 Å². The topological polar surface area (TPSA) is 87.7 Å². The molecular formula is C24H26BrN3O4S. The van der Waals surface area contributed by atoms with Crippen LogP contribution in [0.5, 0.6) is 5.75 Å². The van der Waals surface area contributed by atoms with E-state index in [1.54, 1.807) is 43.5 Å². The molecule has 3 aromatic carbocycles. The van der Waals surface area contributed by atoms with E-state index in [1.165, 1.54) is 12.1 Å². The maximum Gasteiger partial charge on any atom is 0.261 e. The van der Waals surface area contributed by atoms with E-state index in [0.29, 0.717) is 12.2 Å². The van der Waals surface area contributed by atoms with E-state index < -0.39 is 10.0 Å². The van der Waals surface area contributed by atoms with Crippen molar-refractivity contribution in [3.8, 4) is 5.75 Å². The smallest absolute Gasteiger partial charge is 0.261 e. The van der Waals surface area contributed by atoms with Crippen LogP contribution < -0.4 is 14.8 Å². The van der Waals surface area contributed by atoms with Gasteiger partial charge in [0.2, 0.25) is 0 Å². The number of anilines is 1. The summed E-state index contributed by atoms with van der Waals surface area (Å²) in [6, 6.07) is 20.4. The summed E-state index contributed by atoms with van der Waals surface area (Å²) in [6.45, 7) is 0.353. The van der Waals surface area contributed by atoms with Crippen LogP contribution in [0.3, 0.4) is 0 Å². The number of halogens is 1. The van der Waals surface area contributed by atoms with Gasteiger partial charge in [0.05, 0.1) is 18.0 Å². The van der Waals surface area contributed by atoms with Gasteiger partial charge in [-0.3, -0.25) is 9.52 Å². The molecule has 33 heavy (non-hydrogen) atoms. The third kappa shape index (κ3) is 6.56. The molecule has 0 saturated heterocycles. The molecule has 0 radical (unpaired) electrons. The second-order valence-electron chi connectivity index (χ2n) is 7.60. The van der Waals surface area contributed by atoms with E-state index in [2.05, 4.69) is 26.0 Å². The molecule has 1 amide bonds. The van der Waals surface area contributed by atoms with E-state index in [1.807, 2.05) is 43.3 Å². The van der Waals surface area contributed by atoms with Gasteiger partial charge in [-0.1, -0.05) is 34.1 Å². The molecule has 0 spiro atoms. The Bertz CT molecular complexity index is 1200. The van der Waals surface area contributed by atoms with Gasteiger partial charge in [0.25, 0.3) is 15.9 Å². The lowest BCUT2D eigenvalue weighted by atomic mass is 10.1. The molecule has 2 N–H and O–H groups in total. The highest BCUT2D eigenvalue weighted by Gasteiger charge is 2.19. The first-order valence-corrected chi connectivity index (χ1v) is 12.4. The zero-order chi connectivity index (χ0) is 24.0. The molecule has 0 heterocycles. The quantitative estimate of drug-likeness (QED) is 0.430. The van der Waals surface area contributed by atoms with Crippen molar-refractivity contribution in [2.24, 2.45) is 0 Å². The predicted molar refractivity (Wildman–Crippen MR) is 133 cm³/mol. The summed E-state index contributed by atoms with van der Waals surface area (Å²) in [5.41, 5.74) is 1.72. The molecular weight excluding hydrogens is 506 g/mol. The van der Waals surface area contributed by atoms with E-state index in [4.69, 9.17) is 4.74 Å². The number of benzene rings is 3. The largest absolute Gasteiger partial charge is 0.497 e. The average molecular weight is 532 g/mol. The minimum atomic E-state index is -3.84. The number of carbonyl (C=O) groups is 1. The van der Waals surface area contributed by atoms with Gasteiger partial charge in [0.15, 0.2) is 0 Å². The molecule has 7 nitrogen and oxygen atoms in total. The number of rotatable bonds is 9. The second kappa shape index (κ2) is 10.8. The highest BCUT2D eigenvalue weighted by molar-refractivity contribution is 9.10. The lowest BCUT2D eigenvalue weighted by Crippen LogP contribution is -2.34. The van der Waals surface area contributed by atoms with Crippen molar-refractivity contribution in [3.63, 3.8) is 0 Å². The molecule has 0 aromatic heterocycles. The van der Waals surface area contributed by atoms with Gasteiger partial charge in [-0.15, -0.1) is 0 Å². The lowest BCUT2D eigenvalue weighted by molar-refractivity contribution is 0.0941. The van der Waals surface area contributed by atoms with E-state index >= 15 is 0 Å². The molecule has 9 heteroatoms. The van der Waals surface area contributed by atoms with Gasteiger partial charge >= 0.3 is 0 Å². The van der Waals surface area contributed by atoms with Crippen LogP contribution in [0, 0.1) is 0 Å². The van der Waals surface area contributed by atoms with Gasteiger partial charge in [0.1, 0.15) is 5.75 Å². The lowest BCUT2D eigenvalue weighted by Gasteiger charge is -2.25. The van der Waals surface area contributed by atoms with Crippen molar-refractivity contribution >= 4 is 37.5 Å². The first kappa shape index (κ1) is 24.8. The Morgan fingerprint density at radius 2 is 1.70 bits per heavy atom. The van der Waals surface area contributed by atoms with Crippen LogP contribution in [0.2, 0.25) is 0 Å². The molecule has 3 aromatic rings. The van der Waals surface area contributed by atoms with Crippen LogP contribution in [-0.4, -0.2) is 47.0 Å². The summed E-state index contributed by atoms with van der Waals surface area (Å²) < 4.78 is 34.1. The fourth-order valence-corrected chi connectivity index (χ4v) is 4.62. The SMILES string of the molecule is COc1ccc([C@H](CNC(=O)c2cccc(S(=O)(=O)Nc3ccc(Br)cc3)c2)N(C)C)cc1. The summed E-state index contributed by atoms with van der Waals surface area (Å²) in [6.07, 6.45) is 0. The molecule has 0 bridgehead atoms. The van der Waals surface area contributed by atoms with Gasteiger partial charge < -0.3 is 15.0 Å². The van der Waals surface area contributed by atoms with Crippen molar-refractivity contribution in [3.05, 3.63) is 88.4 Å². The fraction of sp³-hybridized carbons (Fsp3) is 0.208. The Morgan fingerprint density at radius 1 is 1.03 bits per heavy atom. The molecule has 0 aliphatic carbocycles. The summed E-state index contributed by atoms with van der Waals surface area (Å²) in [5, 5.41) is 2.91. The van der Waals surface area contributed by atoms with E-state index in [-0.39, 0.29) is 22.4 Å². The highest BCUT2D eigenvalue weighted by Crippen LogP contribution is 2.22. The predicted octanol–water partition coefficient (Wildman–Crippen LogP) is 4.29. The van der Waals surface area contributed by atoms with Crippen LogP contribution in [0.1, 0.15) is 22.0 Å². The number of sulfonamides is 1. The molecule has 0 aliphatic heterocycles. The van der Waals surface area contributed by atoms with E-state index in [9.17, 15) is 13.2 Å². The monoisotopic (exact) mass is 531 g/mol. The van der Waals surface area contributed by atoms with Crippen LogP contribution in [-0.2, 0) is 10.0 Å². The van der Waals surface area contributed by atoms with Crippen LogP contribution in [0.15, 0.2) is 82.2 Å². The second-order valence-corrected chi connectivity index (χ2v) is 10.2. The molecule has 0 unspecified atom stereocenters. The zero-order valence-electron chi connectivity index (χ0n) is 18.6. The minimum absolute atomic E-state index is 0.0115. The number of nitrogens with zero attached hydrogens (tertiary/aromatic N) is 1. The Labute approximate surface area is 202 Å². The van der Waals surface area contributed by atoms with Gasteiger partial charge in [0, 0.05) is 22.3 Å². The van der Waals surface area contributed by atoms with Gasteiger partial charge in [-0.25, -0.2) is 8.42 Å². The Kier molecular flexibility index (Phi) is 8.12. The third-order valence-electron chi connectivity index (χ3n) is 5.08. The van der Waals surface area contributed by atoms with Crippen molar-refractivity contribution in [2.75, 3.05) is 32.5 Å². The Hall–Kier alpha value is -2.88. The zero-order valence-corrected chi connectivity index (χ0v) is 21.0. The first-order valence-electron chi connectivity index (χ1n) is 10.2. The molecule has 0 saturated carbocycles. The number of likely N-dealkylation sites (N-methyl/N-ethyl adjacent to an activating group) is 1. The number of amides is 1. The average Bonchev–Trinajstić information content (AvgIpc) is 2.80. The molecule has 3 rings (SSSR count). The molecule has 0 fully saturated rings. The van der Waals surface area contributed by atoms with Gasteiger partial charge in [-0.2, -0.15) is 0 Å². The van der Waals surface area contributed by atoms with Crippen molar-refractivity contribution in [2.45, 2.75) is 10.9 Å². The van der Waals surface area contributed by atoms with Crippen molar-refractivity contribution in [1.82, 2.24) is 10.2 Å². The highest BCUT2D eigenvalue weighted by atomic mass is 79.9. The number of methoxy groups -OCH3 is 1. The van der Waals surface area contributed by atoms with Crippen LogP contribution in [0.4, 0.5) is 5.69 Å². The number of nitrogens with one attached hydrogen (secondary N) is 2. The summed E-state index contributed by atoms with van der Waals surface area (Å²) >= 11 is 3.32. The van der Waals surface area contributed by atoms with Crippen LogP contribution >= 0.6 is 15.9 Å². The third-order valence-corrected chi connectivity index (χ3v) is 6.99. The minimum Gasteiger partial charge on any atom is -0.497 e. The maximum atomic E-state index is 12.8. The standard InChI is InChI=1S/C24H26BrN3O4S/c1-28(2)23(17-7-13-21(32-3)14-8-17)16-26-24(29)18-5-4-6-22(15-18)33(30,31)27-20-11-9-19(25)10-12-20/h4-15,23,27H,16H2,1-3H3,(H,26,29)/t23-/m0/s1. The summed E-state index contributed by atoms with van der Waals surface area (Å²) in [4.78, 5) is 14.8. The molecule has 0 aliphatic rings. The number of carbonyl (C=O) groups excluding carboxylic acids is 1. The number of ether oxygens (including phenoxy) is 1. The normalized spacial score (nSPS) is 12.3. The number of hydrogen-bond acceptors (Lipinski definition) is 5. The summed E-state index contributed by atoms with van der Waals surface area (Å²) in [5.74, 6) is 0.408. The maximum absolute atomic E-state index is 12.8. The number of hydrogen-bond donors (Lipinski definition) is 2.